The van der Waals surface area contributed by atoms with Gasteiger partial charge in [-0.2, -0.15) is 0 Å². The lowest BCUT2D eigenvalue weighted by Gasteiger charge is -2.26. The van der Waals surface area contributed by atoms with Crippen molar-refractivity contribution in [3.63, 3.8) is 0 Å². The van der Waals surface area contributed by atoms with E-state index >= 15 is 0 Å². The number of hydrogen-bond donors (Lipinski definition) is 0. The van der Waals surface area contributed by atoms with Gasteiger partial charge in [-0.3, -0.25) is 4.79 Å². The van der Waals surface area contributed by atoms with Gasteiger partial charge in [0.15, 0.2) is 5.13 Å². The summed E-state index contributed by atoms with van der Waals surface area (Å²) in [5.74, 6) is 0.771. The monoisotopic (exact) mass is 457 g/mol. The zero-order chi connectivity index (χ0) is 22.9. The van der Waals surface area contributed by atoms with Crippen molar-refractivity contribution in [3.05, 3.63) is 64.3 Å². The van der Waals surface area contributed by atoms with Gasteiger partial charge in [-0.05, 0) is 37.3 Å². The maximum Gasteiger partial charge on any atom is 0.262 e. The van der Waals surface area contributed by atoms with E-state index in [4.69, 9.17) is 14.1 Å². The molecule has 4 rings (SSSR count). The van der Waals surface area contributed by atoms with Crippen LogP contribution in [-0.4, -0.2) is 37.2 Å². The molecule has 0 bridgehead atoms. The zero-order valence-corrected chi connectivity index (χ0v) is 19.7. The maximum atomic E-state index is 13.6. The molecule has 1 fully saturated rings. The van der Waals surface area contributed by atoms with Crippen LogP contribution in [0.1, 0.15) is 48.3 Å². The van der Waals surface area contributed by atoms with E-state index in [2.05, 4.69) is 4.90 Å². The molecule has 1 aromatic carbocycles. The Bertz CT molecular complexity index is 1080. The van der Waals surface area contributed by atoms with Gasteiger partial charge in [-0.1, -0.05) is 20.8 Å². The Kier molecular flexibility index (Phi) is 6.35. The van der Waals surface area contributed by atoms with Gasteiger partial charge in [0.05, 0.1) is 31.0 Å². The van der Waals surface area contributed by atoms with Crippen molar-refractivity contribution in [2.24, 2.45) is 0 Å². The first-order chi connectivity index (χ1) is 15.2. The highest BCUT2D eigenvalue weighted by Crippen LogP contribution is 2.30. The number of amides is 1. The number of aryl methyl sites for hydroxylation is 1. The Balaban J connectivity index is 1.64. The molecular weight excluding hydrogens is 429 g/mol. The van der Waals surface area contributed by atoms with E-state index in [-0.39, 0.29) is 23.7 Å². The molecule has 1 saturated heterocycles. The predicted molar refractivity (Wildman–Crippen MR) is 124 cm³/mol. The topological polar surface area (TPSA) is 58.8 Å². The highest BCUT2D eigenvalue weighted by atomic mass is 32.1. The first-order valence-corrected chi connectivity index (χ1v) is 11.6. The average molecular weight is 458 g/mol. The normalized spacial score (nSPS) is 14.6. The van der Waals surface area contributed by atoms with Crippen LogP contribution in [0.3, 0.4) is 0 Å². The molecule has 8 heteroatoms. The van der Waals surface area contributed by atoms with Crippen molar-refractivity contribution in [2.45, 2.75) is 39.7 Å². The van der Waals surface area contributed by atoms with Crippen molar-refractivity contribution in [2.75, 3.05) is 36.1 Å². The van der Waals surface area contributed by atoms with Gasteiger partial charge in [0.1, 0.15) is 17.3 Å². The van der Waals surface area contributed by atoms with Crippen LogP contribution in [0.15, 0.2) is 40.1 Å². The summed E-state index contributed by atoms with van der Waals surface area (Å²) in [5, 5.41) is 2.89. The van der Waals surface area contributed by atoms with Crippen LogP contribution in [0.2, 0.25) is 0 Å². The van der Waals surface area contributed by atoms with Crippen LogP contribution in [0, 0.1) is 12.7 Å². The Hall–Kier alpha value is -2.71. The molecule has 0 N–H and O–H groups in total. The number of carbonyl (C=O) groups excluding carboxylic acids is 1. The third kappa shape index (κ3) is 4.86. The molecular formula is C24H28FN3O3S. The summed E-state index contributed by atoms with van der Waals surface area (Å²) in [7, 11) is 0. The first-order valence-electron chi connectivity index (χ1n) is 10.7. The van der Waals surface area contributed by atoms with Crippen LogP contribution >= 0.6 is 11.3 Å². The van der Waals surface area contributed by atoms with Gasteiger partial charge in [0, 0.05) is 29.6 Å². The Morgan fingerprint density at radius 3 is 2.53 bits per heavy atom. The molecule has 32 heavy (non-hydrogen) atoms. The van der Waals surface area contributed by atoms with E-state index in [1.54, 1.807) is 35.3 Å². The van der Waals surface area contributed by atoms with Gasteiger partial charge in [0.2, 0.25) is 0 Å². The quantitative estimate of drug-likeness (QED) is 0.529. The van der Waals surface area contributed by atoms with Crippen LogP contribution < -0.4 is 9.80 Å². The molecule has 0 saturated carbocycles. The third-order valence-corrected chi connectivity index (χ3v) is 6.36. The number of thiazole rings is 1. The second-order valence-electron chi connectivity index (χ2n) is 8.92. The van der Waals surface area contributed by atoms with Gasteiger partial charge in [-0.25, -0.2) is 9.37 Å². The number of morpholine rings is 1. The van der Waals surface area contributed by atoms with Crippen molar-refractivity contribution in [1.29, 1.82) is 0 Å². The number of rotatable bonds is 5. The van der Waals surface area contributed by atoms with Crippen LogP contribution in [0.5, 0.6) is 0 Å². The fourth-order valence-electron chi connectivity index (χ4n) is 3.54. The van der Waals surface area contributed by atoms with Gasteiger partial charge >= 0.3 is 0 Å². The number of anilines is 2. The van der Waals surface area contributed by atoms with E-state index in [0.717, 1.165) is 29.7 Å². The van der Waals surface area contributed by atoms with Crippen molar-refractivity contribution in [3.8, 4) is 0 Å². The van der Waals surface area contributed by atoms with Crippen LogP contribution in [0.4, 0.5) is 15.2 Å². The Morgan fingerprint density at radius 1 is 1.22 bits per heavy atom. The minimum atomic E-state index is -0.348. The van der Waals surface area contributed by atoms with Gasteiger partial charge in [0.25, 0.3) is 5.91 Å². The summed E-state index contributed by atoms with van der Waals surface area (Å²) in [4.78, 5) is 22.2. The van der Waals surface area contributed by atoms with Crippen molar-refractivity contribution >= 4 is 28.1 Å². The average Bonchev–Trinajstić information content (AvgIpc) is 3.40. The standard InChI is InChI=1S/C24H28FN3O3S/c1-16-20(13-21(31-16)24(2,3)4)22(29)28(19-7-5-17(25)6-8-19)14-18-15-32-23(26-18)27-9-11-30-12-10-27/h5-8,13,15H,9-12,14H2,1-4H3. The Labute approximate surface area is 191 Å². The van der Waals surface area contributed by atoms with E-state index in [1.807, 2.05) is 32.2 Å². The summed E-state index contributed by atoms with van der Waals surface area (Å²) >= 11 is 1.56. The van der Waals surface area contributed by atoms with E-state index in [0.29, 0.717) is 30.2 Å². The van der Waals surface area contributed by atoms with E-state index in [1.165, 1.54) is 12.1 Å². The smallest absolute Gasteiger partial charge is 0.262 e. The van der Waals surface area contributed by atoms with Crippen molar-refractivity contribution < 1.29 is 18.3 Å². The number of halogens is 1. The molecule has 0 atom stereocenters. The van der Waals surface area contributed by atoms with Gasteiger partial charge < -0.3 is 19.0 Å². The second kappa shape index (κ2) is 9.03. The minimum Gasteiger partial charge on any atom is -0.465 e. The third-order valence-electron chi connectivity index (χ3n) is 5.41. The lowest BCUT2D eigenvalue weighted by atomic mass is 9.93. The highest BCUT2D eigenvalue weighted by molar-refractivity contribution is 7.13. The van der Waals surface area contributed by atoms with E-state index < -0.39 is 0 Å². The second-order valence-corrected chi connectivity index (χ2v) is 9.76. The molecule has 3 aromatic rings. The summed E-state index contributed by atoms with van der Waals surface area (Å²) in [6.45, 7) is 11.2. The molecule has 1 aliphatic rings. The van der Waals surface area contributed by atoms with Crippen molar-refractivity contribution in [1.82, 2.24) is 4.98 Å². The zero-order valence-electron chi connectivity index (χ0n) is 18.9. The Morgan fingerprint density at radius 2 is 1.91 bits per heavy atom. The molecule has 6 nitrogen and oxygen atoms in total. The number of furan rings is 1. The minimum absolute atomic E-state index is 0.200. The lowest BCUT2D eigenvalue weighted by molar-refractivity contribution is 0.0983. The molecule has 170 valence electrons. The SMILES string of the molecule is Cc1oc(C(C)(C)C)cc1C(=O)N(Cc1csc(N2CCOCC2)n1)c1ccc(F)cc1. The molecule has 0 radical (unpaired) electrons. The number of hydrogen-bond acceptors (Lipinski definition) is 6. The fourth-order valence-corrected chi connectivity index (χ4v) is 4.41. The largest absolute Gasteiger partial charge is 0.465 e. The lowest BCUT2D eigenvalue weighted by Crippen LogP contribution is -2.36. The molecule has 0 unspecified atom stereocenters. The molecule has 0 spiro atoms. The summed E-state index contributed by atoms with van der Waals surface area (Å²) < 4.78 is 24.9. The molecule has 2 aromatic heterocycles. The van der Waals surface area contributed by atoms with Gasteiger partial charge in [-0.15, -0.1) is 11.3 Å². The molecule has 1 aliphatic heterocycles. The maximum absolute atomic E-state index is 13.6. The molecule has 0 aliphatic carbocycles. The first kappa shape index (κ1) is 22.5. The van der Waals surface area contributed by atoms with Crippen LogP contribution in [0.25, 0.3) is 0 Å². The fraction of sp³-hybridized carbons (Fsp3) is 0.417. The number of ether oxygens (including phenoxy) is 1. The summed E-state index contributed by atoms with van der Waals surface area (Å²) in [6.07, 6.45) is 0. The highest BCUT2D eigenvalue weighted by Gasteiger charge is 2.27. The molecule has 1 amide bonds. The number of aromatic nitrogens is 1. The number of nitrogens with zero attached hydrogens (tertiary/aromatic N) is 3. The number of benzene rings is 1. The summed E-state index contributed by atoms with van der Waals surface area (Å²) in [6, 6.07) is 7.76. The van der Waals surface area contributed by atoms with E-state index in [9.17, 15) is 9.18 Å². The predicted octanol–water partition coefficient (Wildman–Crippen LogP) is 5.16. The number of carbonyl (C=O) groups is 1. The summed E-state index contributed by atoms with van der Waals surface area (Å²) in [5.41, 5.74) is 1.68. The van der Waals surface area contributed by atoms with Crippen LogP contribution in [-0.2, 0) is 16.7 Å². The molecule has 3 heterocycles.